The third-order valence-electron chi connectivity index (χ3n) is 1.66. The third-order valence-corrected chi connectivity index (χ3v) is 1.66. The second-order valence-electron chi connectivity index (χ2n) is 4.30. The molecule has 1 aliphatic rings. The first-order valence-electron chi connectivity index (χ1n) is 4.07. The van der Waals surface area contributed by atoms with Crippen molar-refractivity contribution in [3.05, 3.63) is 12.2 Å². The van der Waals surface area contributed by atoms with Crippen molar-refractivity contribution >= 4 is 5.91 Å². The van der Waals surface area contributed by atoms with Crippen LogP contribution in [0, 0.1) is 5.41 Å². The van der Waals surface area contributed by atoms with Crippen LogP contribution in [0.25, 0.3) is 0 Å². The van der Waals surface area contributed by atoms with Crippen LogP contribution in [-0.2, 0) is 4.79 Å². The van der Waals surface area contributed by atoms with Gasteiger partial charge in [0.15, 0.2) is 0 Å². The van der Waals surface area contributed by atoms with Gasteiger partial charge in [0.05, 0.1) is 0 Å². The molecule has 1 unspecified atom stereocenters. The molecule has 1 aliphatic heterocycles. The van der Waals surface area contributed by atoms with E-state index in [-0.39, 0.29) is 11.3 Å². The number of amides is 1. The molecule has 0 radical (unpaired) electrons. The lowest BCUT2D eigenvalue weighted by Crippen LogP contribution is -2.39. The summed E-state index contributed by atoms with van der Waals surface area (Å²) in [5.74, 6) is -0.0996. The standard InChI is InChI=1S/C9H15NO2/c1-9(2,3)6-10-7(11)4-5-8(10)12/h4-5,7,11H,6H2,1-3H3. The lowest BCUT2D eigenvalue weighted by molar-refractivity contribution is -0.132. The van der Waals surface area contributed by atoms with Gasteiger partial charge in [-0.3, -0.25) is 4.79 Å². The second-order valence-corrected chi connectivity index (χ2v) is 4.30. The van der Waals surface area contributed by atoms with Crippen LogP contribution in [0.3, 0.4) is 0 Å². The van der Waals surface area contributed by atoms with Gasteiger partial charge in [-0.05, 0) is 11.5 Å². The summed E-state index contributed by atoms with van der Waals surface area (Å²) in [6.07, 6.45) is 2.20. The molecule has 0 fully saturated rings. The molecule has 1 atom stereocenters. The average Bonchev–Trinajstić information content (AvgIpc) is 2.16. The summed E-state index contributed by atoms with van der Waals surface area (Å²) in [5, 5.41) is 9.34. The number of carbonyl (C=O) groups is 1. The molecule has 1 rings (SSSR count). The van der Waals surface area contributed by atoms with E-state index in [4.69, 9.17) is 0 Å². The average molecular weight is 169 g/mol. The van der Waals surface area contributed by atoms with E-state index < -0.39 is 6.23 Å². The fourth-order valence-corrected chi connectivity index (χ4v) is 1.18. The van der Waals surface area contributed by atoms with Gasteiger partial charge in [0.1, 0.15) is 6.23 Å². The summed E-state index contributed by atoms with van der Waals surface area (Å²) in [6, 6.07) is 0. The van der Waals surface area contributed by atoms with E-state index in [0.29, 0.717) is 6.54 Å². The number of rotatable bonds is 1. The van der Waals surface area contributed by atoms with Crippen molar-refractivity contribution in [1.82, 2.24) is 4.90 Å². The van der Waals surface area contributed by atoms with Gasteiger partial charge >= 0.3 is 0 Å². The number of aliphatic hydroxyl groups is 1. The molecule has 1 amide bonds. The fourth-order valence-electron chi connectivity index (χ4n) is 1.18. The predicted octanol–water partition coefficient (Wildman–Crippen LogP) is 0.749. The molecule has 0 aromatic rings. The highest BCUT2D eigenvalue weighted by atomic mass is 16.3. The van der Waals surface area contributed by atoms with E-state index in [2.05, 4.69) is 0 Å². The SMILES string of the molecule is CC(C)(C)CN1C(=O)C=CC1O. The van der Waals surface area contributed by atoms with Crippen LogP contribution in [0.2, 0.25) is 0 Å². The third kappa shape index (κ3) is 2.08. The Balaban J connectivity index is 2.59. The largest absolute Gasteiger partial charge is 0.370 e. The number of nitrogens with zero attached hydrogens (tertiary/aromatic N) is 1. The molecule has 0 aliphatic carbocycles. The van der Waals surface area contributed by atoms with E-state index in [9.17, 15) is 9.90 Å². The van der Waals surface area contributed by atoms with Gasteiger partial charge in [0.25, 0.3) is 0 Å². The lowest BCUT2D eigenvalue weighted by atomic mass is 9.96. The first-order chi connectivity index (χ1) is 5.40. The number of aliphatic hydroxyl groups excluding tert-OH is 1. The summed E-state index contributed by atoms with van der Waals surface area (Å²) >= 11 is 0. The van der Waals surface area contributed by atoms with Crippen LogP contribution < -0.4 is 0 Å². The van der Waals surface area contributed by atoms with E-state index in [0.717, 1.165) is 0 Å². The molecule has 3 heteroatoms. The van der Waals surface area contributed by atoms with E-state index in [1.165, 1.54) is 17.1 Å². The quantitative estimate of drug-likeness (QED) is 0.629. The van der Waals surface area contributed by atoms with E-state index in [1.807, 2.05) is 20.8 Å². The Morgan fingerprint density at radius 1 is 1.58 bits per heavy atom. The Morgan fingerprint density at radius 2 is 2.17 bits per heavy atom. The van der Waals surface area contributed by atoms with Gasteiger partial charge in [0, 0.05) is 12.6 Å². The molecule has 0 aromatic carbocycles. The molecule has 0 bridgehead atoms. The van der Waals surface area contributed by atoms with Crippen molar-refractivity contribution in [2.75, 3.05) is 6.54 Å². The Morgan fingerprint density at radius 3 is 2.50 bits per heavy atom. The zero-order valence-corrected chi connectivity index (χ0v) is 7.74. The highest BCUT2D eigenvalue weighted by molar-refractivity contribution is 5.90. The van der Waals surface area contributed by atoms with Crippen LogP contribution in [-0.4, -0.2) is 28.7 Å². The molecule has 12 heavy (non-hydrogen) atoms. The minimum Gasteiger partial charge on any atom is -0.370 e. The zero-order valence-electron chi connectivity index (χ0n) is 7.74. The molecule has 3 nitrogen and oxygen atoms in total. The molecule has 1 heterocycles. The Kier molecular flexibility index (Phi) is 2.24. The maximum atomic E-state index is 11.1. The smallest absolute Gasteiger partial charge is 0.248 e. The van der Waals surface area contributed by atoms with Crippen LogP contribution >= 0.6 is 0 Å². The van der Waals surface area contributed by atoms with Gasteiger partial charge in [-0.15, -0.1) is 0 Å². The Hall–Kier alpha value is -0.830. The molecule has 68 valence electrons. The van der Waals surface area contributed by atoms with Gasteiger partial charge in [-0.2, -0.15) is 0 Å². The van der Waals surface area contributed by atoms with Gasteiger partial charge in [-0.1, -0.05) is 20.8 Å². The topological polar surface area (TPSA) is 40.5 Å². The zero-order chi connectivity index (χ0) is 9.35. The fraction of sp³-hybridized carbons (Fsp3) is 0.667. The number of hydrogen-bond acceptors (Lipinski definition) is 2. The molecule has 0 saturated carbocycles. The van der Waals surface area contributed by atoms with Crippen molar-refractivity contribution in [3.8, 4) is 0 Å². The lowest BCUT2D eigenvalue weighted by Gasteiger charge is -2.28. The normalized spacial score (nSPS) is 23.8. The molecule has 0 aromatic heterocycles. The summed E-state index contributed by atoms with van der Waals surface area (Å²) in [7, 11) is 0. The number of hydrogen-bond donors (Lipinski definition) is 1. The summed E-state index contributed by atoms with van der Waals surface area (Å²) in [6.45, 7) is 6.68. The number of carbonyl (C=O) groups excluding carboxylic acids is 1. The Bertz CT molecular complexity index is 215. The molecule has 0 spiro atoms. The summed E-state index contributed by atoms with van der Waals surface area (Å²) in [4.78, 5) is 12.6. The van der Waals surface area contributed by atoms with Crippen molar-refractivity contribution in [2.45, 2.75) is 27.0 Å². The van der Waals surface area contributed by atoms with Crippen LogP contribution in [0.4, 0.5) is 0 Å². The summed E-state index contributed by atoms with van der Waals surface area (Å²) < 4.78 is 0. The molecular formula is C9H15NO2. The van der Waals surface area contributed by atoms with E-state index >= 15 is 0 Å². The predicted molar refractivity (Wildman–Crippen MR) is 46.3 cm³/mol. The van der Waals surface area contributed by atoms with Crippen molar-refractivity contribution in [3.63, 3.8) is 0 Å². The van der Waals surface area contributed by atoms with Gasteiger partial charge in [0.2, 0.25) is 5.91 Å². The van der Waals surface area contributed by atoms with Gasteiger partial charge < -0.3 is 10.0 Å². The van der Waals surface area contributed by atoms with Crippen LogP contribution in [0.1, 0.15) is 20.8 Å². The first kappa shape index (κ1) is 9.26. The van der Waals surface area contributed by atoms with Crippen molar-refractivity contribution in [2.24, 2.45) is 5.41 Å². The maximum Gasteiger partial charge on any atom is 0.248 e. The monoisotopic (exact) mass is 169 g/mol. The van der Waals surface area contributed by atoms with Crippen molar-refractivity contribution < 1.29 is 9.90 Å². The Labute approximate surface area is 72.7 Å². The highest BCUT2D eigenvalue weighted by Gasteiger charge is 2.27. The van der Waals surface area contributed by atoms with Crippen LogP contribution in [0.5, 0.6) is 0 Å². The van der Waals surface area contributed by atoms with E-state index in [1.54, 1.807) is 0 Å². The second kappa shape index (κ2) is 2.90. The summed E-state index contributed by atoms with van der Waals surface area (Å²) in [5.41, 5.74) is 0.0304. The molecular weight excluding hydrogens is 154 g/mol. The minimum absolute atomic E-state index is 0.0304. The van der Waals surface area contributed by atoms with Crippen molar-refractivity contribution in [1.29, 1.82) is 0 Å². The first-order valence-corrected chi connectivity index (χ1v) is 4.07. The molecule has 0 saturated heterocycles. The van der Waals surface area contributed by atoms with Gasteiger partial charge in [-0.25, -0.2) is 0 Å². The minimum atomic E-state index is -0.725. The molecule has 1 N–H and O–H groups in total. The highest BCUT2D eigenvalue weighted by Crippen LogP contribution is 2.19. The maximum absolute atomic E-state index is 11.1. The van der Waals surface area contributed by atoms with Crippen LogP contribution in [0.15, 0.2) is 12.2 Å².